The highest BCUT2D eigenvalue weighted by molar-refractivity contribution is 8.00. The summed E-state index contributed by atoms with van der Waals surface area (Å²) in [6.07, 6.45) is 4.18. The Hall–Kier alpha value is -0.970. The van der Waals surface area contributed by atoms with Crippen molar-refractivity contribution >= 4 is 23.6 Å². The second-order valence-corrected chi connectivity index (χ2v) is 4.38. The van der Waals surface area contributed by atoms with Gasteiger partial charge in [0.05, 0.1) is 17.2 Å². The number of nitrogens with one attached hydrogen (secondary N) is 1. The van der Waals surface area contributed by atoms with Gasteiger partial charge >= 0.3 is 0 Å². The number of fused-ring (bicyclic) bond motifs is 1. The second-order valence-electron chi connectivity index (χ2n) is 3.06. The van der Waals surface area contributed by atoms with Crippen molar-refractivity contribution in [2.24, 2.45) is 0 Å². The van der Waals surface area contributed by atoms with Crippen molar-refractivity contribution in [1.29, 1.82) is 0 Å². The first-order chi connectivity index (χ1) is 6.16. The predicted octanol–water partition coefficient (Wildman–Crippen LogP) is 0.267. The summed E-state index contributed by atoms with van der Waals surface area (Å²) in [5.74, 6) is 0.122. The minimum absolute atomic E-state index is 0.0202. The van der Waals surface area contributed by atoms with E-state index in [0.717, 1.165) is 0 Å². The van der Waals surface area contributed by atoms with Gasteiger partial charge in [-0.3, -0.25) is 9.59 Å². The molecule has 0 radical (unpaired) electrons. The third kappa shape index (κ3) is 1.56. The molecule has 1 saturated heterocycles. The summed E-state index contributed by atoms with van der Waals surface area (Å²) in [4.78, 5) is 23.4. The van der Waals surface area contributed by atoms with Crippen molar-refractivity contribution < 1.29 is 9.59 Å². The minimum atomic E-state index is -0.0405. The molecule has 70 valence electrons. The van der Waals surface area contributed by atoms with Crippen molar-refractivity contribution in [3.05, 3.63) is 12.3 Å². The number of nitrogens with zero attached hydrogens (tertiary/aromatic N) is 1. The van der Waals surface area contributed by atoms with E-state index >= 15 is 0 Å². The van der Waals surface area contributed by atoms with Crippen molar-refractivity contribution in [3.63, 3.8) is 0 Å². The Morgan fingerprint density at radius 3 is 3.08 bits per heavy atom. The molecule has 1 unspecified atom stereocenters. The molecular weight excluding hydrogens is 188 g/mol. The molecule has 0 aromatic carbocycles. The smallest absolute Gasteiger partial charge is 0.230 e. The number of carbonyl (C=O) groups excluding carboxylic acids is 2. The lowest BCUT2D eigenvalue weighted by Crippen LogP contribution is -2.51. The Balaban J connectivity index is 1.97. The van der Waals surface area contributed by atoms with Crippen LogP contribution in [0.4, 0.5) is 0 Å². The van der Waals surface area contributed by atoms with Crippen molar-refractivity contribution in [2.45, 2.75) is 24.1 Å². The summed E-state index contributed by atoms with van der Waals surface area (Å²) in [6, 6.07) is 0. The van der Waals surface area contributed by atoms with Crippen LogP contribution in [0.1, 0.15) is 13.3 Å². The van der Waals surface area contributed by atoms with E-state index in [4.69, 9.17) is 0 Å². The Morgan fingerprint density at radius 2 is 2.54 bits per heavy atom. The first kappa shape index (κ1) is 8.62. The number of amides is 2. The van der Waals surface area contributed by atoms with Crippen LogP contribution in [-0.2, 0) is 9.59 Å². The Labute approximate surface area is 80.3 Å². The van der Waals surface area contributed by atoms with Crippen LogP contribution in [0.25, 0.3) is 0 Å². The molecule has 0 bridgehead atoms. The lowest BCUT2D eigenvalue weighted by atomic mass is 10.2. The van der Waals surface area contributed by atoms with E-state index in [1.807, 2.05) is 6.08 Å². The van der Waals surface area contributed by atoms with Gasteiger partial charge in [-0.05, 0) is 6.08 Å². The van der Waals surface area contributed by atoms with Crippen LogP contribution in [0.15, 0.2) is 12.3 Å². The molecule has 1 fully saturated rings. The largest absolute Gasteiger partial charge is 0.341 e. The zero-order valence-electron chi connectivity index (χ0n) is 7.19. The van der Waals surface area contributed by atoms with Crippen molar-refractivity contribution in [2.75, 3.05) is 0 Å². The highest BCUT2D eigenvalue weighted by atomic mass is 32.2. The van der Waals surface area contributed by atoms with Gasteiger partial charge in [0.1, 0.15) is 0 Å². The van der Waals surface area contributed by atoms with Crippen LogP contribution in [0, 0.1) is 0 Å². The van der Waals surface area contributed by atoms with Gasteiger partial charge in [0.2, 0.25) is 11.8 Å². The Bertz CT molecular complexity index is 290. The zero-order valence-corrected chi connectivity index (χ0v) is 8.00. The van der Waals surface area contributed by atoms with E-state index in [1.165, 1.54) is 6.92 Å². The third-order valence-corrected chi connectivity index (χ3v) is 3.29. The van der Waals surface area contributed by atoms with Crippen molar-refractivity contribution in [1.82, 2.24) is 10.2 Å². The minimum Gasteiger partial charge on any atom is -0.341 e. The fourth-order valence-electron chi connectivity index (χ4n) is 1.36. The first-order valence-electron chi connectivity index (χ1n) is 4.09. The summed E-state index contributed by atoms with van der Waals surface area (Å²) in [6.45, 7) is 1.49. The molecule has 2 aliphatic rings. The summed E-state index contributed by atoms with van der Waals surface area (Å²) < 4.78 is 0. The molecule has 1 N–H and O–H groups in total. The van der Waals surface area contributed by atoms with E-state index in [-0.39, 0.29) is 22.6 Å². The van der Waals surface area contributed by atoms with Gasteiger partial charge in [0.15, 0.2) is 0 Å². The van der Waals surface area contributed by atoms with Crippen molar-refractivity contribution in [3.8, 4) is 0 Å². The lowest BCUT2D eigenvalue weighted by molar-refractivity contribution is -0.137. The van der Waals surface area contributed by atoms with E-state index in [9.17, 15) is 9.59 Å². The maximum absolute atomic E-state index is 11.0. The SMILES string of the molecule is CC(=O)NC1C=CN2C(=O)C[C@H]2S1. The maximum atomic E-state index is 11.0. The quantitative estimate of drug-likeness (QED) is 0.615. The molecule has 5 heteroatoms. The summed E-state index contributed by atoms with van der Waals surface area (Å²) in [5, 5.41) is 3.03. The fraction of sp³-hybridized carbons (Fsp3) is 0.500. The zero-order chi connectivity index (χ0) is 9.42. The predicted molar refractivity (Wildman–Crippen MR) is 49.6 cm³/mol. The molecule has 0 aliphatic carbocycles. The van der Waals surface area contributed by atoms with Gasteiger partial charge in [-0.25, -0.2) is 0 Å². The summed E-state index contributed by atoms with van der Waals surface area (Å²) in [5.41, 5.74) is 0. The van der Waals surface area contributed by atoms with Crippen LogP contribution in [0.5, 0.6) is 0 Å². The Kier molecular flexibility index (Phi) is 2.03. The van der Waals surface area contributed by atoms with E-state index in [2.05, 4.69) is 5.32 Å². The molecule has 0 spiro atoms. The van der Waals surface area contributed by atoms with Crippen LogP contribution in [-0.4, -0.2) is 27.5 Å². The van der Waals surface area contributed by atoms with Gasteiger partial charge in [0, 0.05) is 13.1 Å². The van der Waals surface area contributed by atoms with E-state index < -0.39 is 0 Å². The number of rotatable bonds is 1. The van der Waals surface area contributed by atoms with E-state index in [1.54, 1.807) is 22.9 Å². The molecule has 0 aromatic heterocycles. The molecule has 0 aromatic rings. The first-order valence-corrected chi connectivity index (χ1v) is 5.03. The number of hydrogen-bond donors (Lipinski definition) is 1. The topological polar surface area (TPSA) is 49.4 Å². The summed E-state index contributed by atoms with van der Waals surface area (Å²) >= 11 is 1.60. The second kappa shape index (κ2) is 3.06. The normalized spacial score (nSPS) is 30.8. The Morgan fingerprint density at radius 1 is 1.77 bits per heavy atom. The van der Waals surface area contributed by atoms with E-state index in [0.29, 0.717) is 6.42 Å². The average Bonchev–Trinajstić information content (AvgIpc) is 2.01. The molecule has 2 amide bonds. The maximum Gasteiger partial charge on any atom is 0.230 e. The average molecular weight is 198 g/mol. The molecule has 4 nitrogen and oxygen atoms in total. The molecule has 13 heavy (non-hydrogen) atoms. The monoisotopic (exact) mass is 198 g/mol. The van der Waals surface area contributed by atoms with Gasteiger partial charge in [-0.15, -0.1) is 11.8 Å². The van der Waals surface area contributed by atoms with Crippen LogP contribution in [0.3, 0.4) is 0 Å². The molecule has 2 atom stereocenters. The number of hydrogen-bond acceptors (Lipinski definition) is 3. The number of carbonyl (C=O) groups is 2. The molecule has 0 saturated carbocycles. The highest BCUT2D eigenvalue weighted by Crippen LogP contribution is 2.35. The third-order valence-electron chi connectivity index (χ3n) is 2.02. The highest BCUT2D eigenvalue weighted by Gasteiger charge is 2.38. The van der Waals surface area contributed by atoms with Gasteiger partial charge in [-0.1, -0.05) is 0 Å². The lowest BCUT2D eigenvalue weighted by Gasteiger charge is -2.41. The van der Waals surface area contributed by atoms with Gasteiger partial charge in [0.25, 0.3) is 0 Å². The molecule has 2 rings (SSSR count). The molecular formula is C8H10N2O2S. The fourth-order valence-corrected chi connectivity index (χ4v) is 2.65. The number of β-lactam (4-membered cyclic amide) rings is 1. The molecule has 2 heterocycles. The van der Waals surface area contributed by atoms with Crippen LogP contribution < -0.4 is 5.32 Å². The van der Waals surface area contributed by atoms with Crippen LogP contribution in [0.2, 0.25) is 0 Å². The molecule has 2 aliphatic heterocycles. The van der Waals surface area contributed by atoms with Gasteiger partial charge < -0.3 is 10.2 Å². The summed E-state index contributed by atoms with van der Waals surface area (Å²) in [7, 11) is 0. The number of thioether (sulfide) groups is 1. The standard InChI is InChI=1S/C8H10N2O2S/c1-5(11)9-6-2-3-10-7(12)4-8(10)13-6/h2-3,6,8H,4H2,1H3,(H,9,11)/t6?,8-/m1/s1. The van der Waals surface area contributed by atoms with Gasteiger partial charge in [-0.2, -0.15) is 0 Å². The van der Waals surface area contributed by atoms with Crippen LogP contribution >= 0.6 is 11.8 Å².